The Kier molecular flexibility index (Phi) is 4.96. The van der Waals surface area contributed by atoms with E-state index in [9.17, 15) is 8.78 Å². The lowest BCUT2D eigenvalue weighted by molar-refractivity contribution is -0.0508. The van der Waals surface area contributed by atoms with Crippen molar-refractivity contribution < 1.29 is 13.5 Å². The van der Waals surface area contributed by atoms with Crippen LogP contribution in [0.15, 0.2) is 18.2 Å². The molecule has 1 aliphatic heterocycles. The van der Waals surface area contributed by atoms with Gasteiger partial charge in [-0.25, -0.2) is 0 Å². The highest BCUT2D eigenvalue weighted by Crippen LogP contribution is 2.26. The van der Waals surface area contributed by atoms with Gasteiger partial charge in [0.2, 0.25) is 0 Å². The van der Waals surface area contributed by atoms with Gasteiger partial charge >= 0.3 is 6.61 Å². The Labute approximate surface area is 116 Å². The molecule has 1 heterocycles. The van der Waals surface area contributed by atoms with Crippen molar-refractivity contribution in [3.63, 3.8) is 0 Å². The van der Waals surface area contributed by atoms with Gasteiger partial charge < -0.3 is 10.1 Å². The molecule has 1 aromatic rings. The summed E-state index contributed by atoms with van der Waals surface area (Å²) in [6, 6.07) is 5.14. The maximum absolute atomic E-state index is 12.4. The van der Waals surface area contributed by atoms with Crippen LogP contribution in [0.25, 0.3) is 0 Å². The number of rotatable bonds is 4. The van der Waals surface area contributed by atoms with E-state index in [0.717, 1.165) is 19.6 Å². The van der Waals surface area contributed by atoms with Gasteiger partial charge in [-0.2, -0.15) is 8.78 Å². The largest absolute Gasteiger partial charge is 0.434 e. The molecule has 1 aromatic carbocycles. The van der Waals surface area contributed by atoms with Gasteiger partial charge in [0.25, 0.3) is 0 Å². The quantitative estimate of drug-likeness (QED) is 0.923. The van der Waals surface area contributed by atoms with E-state index >= 15 is 0 Å². The first-order valence-electron chi connectivity index (χ1n) is 6.23. The van der Waals surface area contributed by atoms with E-state index in [4.69, 9.17) is 11.6 Å². The lowest BCUT2D eigenvalue weighted by atomic mass is 10.1. The van der Waals surface area contributed by atoms with E-state index in [2.05, 4.69) is 21.9 Å². The normalized spacial score (nSPS) is 20.8. The first-order chi connectivity index (χ1) is 9.04. The zero-order valence-corrected chi connectivity index (χ0v) is 11.5. The van der Waals surface area contributed by atoms with E-state index in [1.165, 1.54) is 6.07 Å². The number of nitrogens with zero attached hydrogens (tertiary/aromatic N) is 1. The number of nitrogens with one attached hydrogen (secondary N) is 1. The fourth-order valence-corrected chi connectivity index (χ4v) is 2.47. The molecule has 0 bridgehead atoms. The zero-order chi connectivity index (χ0) is 13.8. The standard InChI is InChI=1S/C13H17ClF2N2O/c1-9-7-18(5-4-17-9)8-10-6-11(14)2-3-12(10)19-13(15)16/h2-3,6,9,13,17H,4-5,7-8H2,1H3/t9-/m0/s1. The number of piperazine rings is 1. The second kappa shape index (κ2) is 6.50. The summed E-state index contributed by atoms with van der Waals surface area (Å²) in [5.74, 6) is 0.200. The Bertz CT molecular complexity index is 431. The highest BCUT2D eigenvalue weighted by Gasteiger charge is 2.18. The predicted octanol–water partition coefficient (Wildman–Crippen LogP) is 2.74. The summed E-state index contributed by atoms with van der Waals surface area (Å²) in [6.45, 7) is 2.50. The monoisotopic (exact) mass is 290 g/mol. The van der Waals surface area contributed by atoms with Crippen molar-refractivity contribution in [3.8, 4) is 5.75 Å². The molecule has 0 radical (unpaired) electrons. The first kappa shape index (κ1) is 14.5. The Hall–Kier alpha value is -0.910. The molecule has 106 valence electrons. The summed E-state index contributed by atoms with van der Waals surface area (Å²) in [7, 11) is 0. The topological polar surface area (TPSA) is 24.5 Å². The molecular weight excluding hydrogens is 274 g/mol. The lowest BCUT2D eigenvalue weighted by Crippen LogP contribution is -2.48. The minimum atomic E-state index is -2.82. The summed E-state index contributed by atoms with van der Waals surface area (Å²) in [5.41, 5.74) is 0.696. The second-order valence-electron chi connectivity index (χ2n) is 4.72. The average Bonchev–Trinajstić information content (AvgIpc) is 2.32. The summed E-state index contributed by atoms with van der Waals surface area (Å²) in [5, 5.41) is 3.86. The average molecular weight is 291 g/mol. The van der Waals surface area contributed by atoms with Crippen LogP contribution >= 0.6 is 11.6 Å². The van der Waals surface area contributed by atoms with Gasteiger partial charge in [0.15, 0.2) is 0 Å². The lowest BCUT2D eigenvalue weighted by Gasteiger charge is -2.32. The van der Waals surface area contributed by atoms with Gasteiger partial charge in [0, 0.05) is 42.8 Å². The van der Waals surface area contributed by atoms with Gasteiger partial charge in [-0.05, 0) is 25.1 Å². The molecule has 0 aromatic heterocycles. The van der Waals surface area contributed by atoms with Crippen molar-refractivity contribution in [1.82, 2.24) is 10.2 Å². The van der Waals surface area contributed by atoms with E-state index in [1.54, 1.807) is 12.1 Å². The molecule has 2 rings (SSSR count). The number of ether oxygens (including phenoxy) is 1. The molecule has 3 nitrogen and oxygen atoms in total. The summed E-state index contributed by atoms with van der Waals surface area (Å²) >= 11 is 5.93. The van der Waals surface area contributed by atoms with Crippen molar-refractivity contribution in [2.75, 3.05) is 19.6 Å². The van der Waals surface area contributed by atoms with Crippen molar-refractivity contribution in [2.24, 2.45) is 0 Å². The van der Waals surface area contributed by atoms with Crippen molar-refractivity contribution in [3.05, 3.63) is 28.8 Å². The van der Waals surface area contributed by atoms with Gasteiger partial charge in [-0.3, -0.25) is 4.90 Å². The highest BCUT2D eigenvalue weighted by molar-refractivity contribution is 6.30. The minimum absolute atomic E-state index is 0.200. The van der Waals surface area contributed by atoms with Gasteiger partial charge in [0.05, 0.1) is 0 Å². The smallest absolute Gasteiger partial charge is 0.387 e. The van der Waals surface area contributed by atoms with Crippen LogP contribution < -0.4 is 10.1 Å². The molecule has 6 heteroatoms. The summed E-state index contributed by atoms with van der Waals surface area (Å²) in [6.07, 6.45) is 0. The first-order valence-corrected chi connectivity index (χ1v) is 6.61. The second-order valence-corrected chi connectivity index (χ2v) is 5.16. The van der Waals surface area contributed by atoms with Gasteiger partial charge in [-0.1, -0.05) is 11.6 Å². The highest BCUT2D eigenvalue weighted by atomic mass is 35.5. The predicted molar refractivity (Wildman–Crippen MR) is 70.8 cm³/mol. The van der Waals surface area contributed by atoms with E-state index in [-0.39, 0.29) is 5.75 Å². The zero-order valence-electron chi connectivity index (χ0n) is 10.7. The summed E-state index contributed by atoms with van der Waals surface area (Å²) in [4.78, 5) is 2.20. The Morgan fingerprint density at radius 2 is 2.32 bits per heavy atom. The number of benzene rings is 1. The maximum Gasteiger partial charge on any atom is 0.387 e. The van der Waals surface area contributed by atoms with Crippen LogP contribution in [0.3, 0.4) is 0 Å². The fraction of sp³-hybridized carbons (Fsp3) is 0.538. The molecule has 0 spiro atoms. The Morgan fingerprint density at radius 1 is 1.53 bits per heavy atom. The third-order valence-corrected chi connectivity index (χ3v) is 3.32. The molecule has 1 fully saturated rings. The van der Waals surface area contributed by atoms with Crippen LogP contribution in [-0.4, -0.2) is 37.2 Å². The van der Waals surface area contributed by atoms with Crippen LogP contribution in [0.1, 0.15) is 12.5 Å². The minimum Gasteiger partial charge on any atom is -0.434 e. The number of halogens is 3. The third-order valence-electron chi connectivity index (χ3n) is 3.09. The number of hydrogen-bond acceptors (Lipinski definition) is 3. The number of alkyl halides is 2. The van der Waals surface area contributed by atoms with E-state index in [1.807, 2.05) is 0 Å². The molecule has 1 atom stereocenters. The number of hydrogen-bond donors (Lipinski definition) is 1. The fourth-order valence-electron chi connectivity index (χ4n) is 2.28. The van der Waals surface area contributed by atoms with Crippen LogP contribution in [0, 0.1) is 0 Å². The van der Waals surface area contributed by atoms with E-state index < -0.39 is 6.61 Å². The Morgan fingerprint density at radius 3 is 3.00 bits per heavy atom. The molecule has 19 heavy (non-hydrogen) atoms. The third kappa shape index (κ3) is 4.30. The van der Waals surface area contributed by atoms with Gasteiger partial charge in [-0.15, -0.1) is 0 Å². The van der Waals surface area contributed by atoms with Crippen molar-refractivity contribution >= 4 is 11.6 Å². The SMILES string of the molecule is C[C@H]1CN(Cc2cc(Cl)ccc2OC(F)F)CCN1. The molecule has 0 saturated carbocycles. The molecule has 0 unspecified atom stereocenters. The maximum atomic E-state index is 12.4. The molecular formula is C13H17ClF2N2O. The molecule has 0 amide bonds. The van der Waals surface area contributed by atoms with Crippen LogP contribution in [0.4, 0.5) is 8.78 Å². The van der Waals surface area contributed by atoms with Crippen molar-refractivity contribution in [1.29, 1.82) is 0 Å². The molecule has 1 saturated heterocycles. The van der Waals surface area contributed by atoms with Crippen LogP contribution in [0.5, 0.6) is 5.75 Å². The molecule has 1 N–H and O–H groups in total. The van der Waals surface area contributed by atoms with E-state index in [0.29, 0.717) is 23.2 Å². The van der Waals surface area contributed by atoms with Crippen LogP contribution in [0.2, 0.25) is 5.02 Å². The molecule has 1 aliphatic rings. The Balaban J connectivity index is 2.10. The van der Waals surface area contributed by atoms with Gasteiger partial charge in [0.1, 0.15) is 5.75 Å². The van der Waals surface area contributed by atoms with Crippen molar-refractivity contribution in [2.45, 2.75) is 26.1 Å². The molecule has 0 aliphatic carbocycles. The van der Waals surface area contributed by atoms with Crippen LogP contribution in [-0.2, 0) is 6.54 Å². The summed E-state index contributed by atoms with van der Waals surface area (Å²) < 4.78 is 29.3.